The Morgan fingerprint density at radius 3 is 2.63 bits per heavy atom. The van der Waals surface area contributed by atoms with Crippen molar-refractivity contribution < 1.29 is 14.7 Å². The highest BCUT2D eigenvalue weighted by Crippen LogP contribution is 2.30. The van der Waals surface area contributed by atoms with Gasteiger partial charge < -0.3 is 14.6 Å². The molecule has 6 nitrogen and oxygen atoms in total. The van der Waals surface area contributed by atoms with E-state index >= 15 is 0 Å². The molecule has 2 aliphatic rings. The van der Waals surface area contributed by atoms with Crippen LogP contribution in [0.3, 0.4) is 0 Å². The first-order chi connectivity index (χ1) is 9.08. The second-order valence-electron chi connectivity index (χ2n) is 5.30. The molecule has 1 fully saturated rings. The Morgan fingerprint density at radius 2 is 2.05 bits per heavy atom. The van der Waals surface area contributed by atoms with Crippen LogP contribution in [0.1, 0.15) is 41.3 Å². The van der Waals surface area contributed by atoms with E-state index in [4.69, 9.17) is 5.11 Å². The summed E-state index contributed by atoms with van der Waals surface area (Å²) in [6.07, 6.45) is 3.07. The number of amides is 1. The van der Waals surface area contributed by atoms with E-state index in [2.05, 4.69) is 4.98 Å². The number of hydrogen-bond acceptors (Lipinski definition) is 3. The van der Waals surface area contributed by atoms with Gasteiger partial charge in [-0.3, -0.25) is 4.79 Å². The third-order valence-corrected chi connectivity index (χ3v) is 4.17. The molecule has 0 spiro atoms. The normalized spacial score (nSPS) is 18.9. The third kappa shape index (κ3) is 1.91. The van der Waals surface area contributed by atoms with E-state index in [1.165, 1.54) is 0 Å². The molecule has 0 radical (unpaired) electrons. The van der Waals surface area contributed by atoms with Crippen LogP contribution in [0.15, 0.2) is 0 Å². The second-order valence-corrected chi connectivity index (χ2v) is 5.30. The molecule has 102 valence electrons. The lowest BCUT2D eigenvalue weighted by Crippen LogP contribution is -2.43. The Labute approximate surface area is 111 Å². The van der Waals surface area contributed by atoms with Crippen molar-refractivity contribution in [2.75, 3.05) is 6.54 Å². The molecule has 1 aliphatic heterocycles. The lowest BCUT2D eigenvalue weighted by Gasteiger charge is -2.34. The van der Waals surface area contributed by atoms with Gasteiger partial charge in [0.05, 0.1) is 12.2 Å². The van der Waals surface area contributed by atoms with Crippen molar-refractivity contribution in [3.8, 4) is 0 Å². The minimum atomic E-state index is -1.02. The summed E-state index contributed by atoms with van der Waals surface area (Å²) in [4.78, 5) is 29.3. The minimum Gasteiger partial charge on any atom is -0.476 e. The van der Waals surface area contributed by atoms with Crippen LogP contribution in [0.5, 0.6) is 0 Å². The molecular weight excluding hydrogens is 246 g/mol. The molecule has 1 aliphatic carbocycles. The van der Waals surface area contributed by atoms with Crippen molar-refractivity contribution in [1.82, 2.24) is 14.5 Å². The number of aromatic carboxylic acids is 1. The fraction of sp³-hybridized carbons (Fsp3) is 0.615. The van der Waals surface area contributed by atoms with Crippen molar-refractivity contribution >= 4 is 11.9 Å². The Morgan fingerprint density at radius 1 is 1.32 bits per heavy atom. The minimum absolute atomic E-state index is 0.0867. The molecule has 1 aromatic rings. The number of nitrogens with zero attached hydrogens (tertiary/aromatic N) is 3. The first-order valence-electron chi connectivity index (χ1n) is 6.66. The van der Waals surface area contributed by atoms with Gasteiger partial charge in [0.15, 0.2) is 5.69 Å². The van der Waals surface area contributed by atoms with E-state index in [-0.39, 0.29) is 17.5 Å². The number of imidazole rings is 1. The molecule has 0 saturated heterocycles. The third-order valence-electron chi connectivity index (χ3n) is 4.17. The van der Waals surface area contributed by atoms with Gasteiger partial charge in [-0.05, 0) is 19.8 Å². The monoisotopic (exact) mass is 263 g/mol. The van der Waals surface area contributed by atoms with Gasteiger partial charge in [-0.2, -0.15) is 0 Å². The van der Waals surface area contributed by atoms with Gasteiger partial charge in [-0.25, -0.2) is 9.78 Å². The number of carboxylic acid groups (broad SMARTS) is 1. The van der Waals surface area contributed by atoms with Crippen LogP contribution in [-0.4, -0.2) is 38.0 Å². The molecule has 3 rings (SSSR count). The summed E-state index contributed by atoms with van der Waals surface area (Å²) >= 11 is 0. The van der Waals surface area contributed by atoms with Crippen LogP contribution in [0.2, 0.25) is 0 Å². The molecule has 2 heterocycles. The number of rotatable bonds is 2. The molecule has 0 bridgehead atoms. The largest absolute Gasteiger partial charge is 0.476 e. The molecule has 1 N–H and O–H groups in total. The highest BCUT2D eigenvalue weighted by molar-refractivity contribution is 5.87. The number of carbonyl (C=O) groups excluding carboxylic acids is 1. The van der Waals surface area contributed by atoms with Crippen molar-refractivity contribution in [2.45, 2.75) is 39.3 Å². The summed E-state index contributed by atoms with van der Waals surface area (Å²) in [5, 5.41) is 9.17. The lowest BCUT2D eigenvalue weighted by atomic mass is 9.84. The van der Waals surface area contributed by atoms with E-state index in [0.717, 1.165) is 19.3 Å². The Kier molecular flexibility index (Phi) is 2.80. The predicted octanol–water partition coefficient (Wildman–Crippen LogP) is 1.03. The van der Waals surface area contributed by atoms with Crippen LogP contribution in [0, 0.1) is 12.8 Å². The molecule has 1 amide bonds. The number of aryl methyl sites for hydroxylation is 1. The number of hydrogen-bond donors (Lipinski definition) is 1. The summed E-state index contributed by atoms with van der Waals surface area (Å²) in [5.74, 6) is 0.0227. The number of aromatic nitrogens is 2. The molecule has 19 heavy (non-hydrogen) atoms. The van der Waals surface area contributed by atoms with E-state index in [0.29, 0.717) is 31.2 Å². The summed E-state index contributed by atoms with van der Waals surface area (Å²) in [5.41, 5.74) is 0.743. The van der Waals surface area contributed by atoms with Gasteiger partial charge in [0.2, 0.25) is 5.91 Å². The number of carbonyl (C=O) groups is 2. The Balaban J connectivity index is 1.86. The smallest absolute Gasteiger partial charge is 0.356 e. The SMILES string of the molecule is Cc1nc(C(=O)O)c2n1CCN(C(=O)C1CCC1)C2. The molecule has 1 aromatic heterocycles. The molecule has 6 heteroatoms. The first kappa shape index (κ1) is 12.2. The zero-order valence-electron chi connectivity index (χ0n) is 10.9. The van der Waals surface area contributed by atoms with Crippen LogP contribution in [-0.2, 0) is 17.9 Å². The zero-order chi connectivity index (χ0) is 13.6. The molecule has 0 unspecified atom stereocenters. The molecule has 1 saturated carbocycles. The fourth-order valence-electron chi connectivity index (χ4n) is 2.82. The van der Waals surface area contributed by atoms with Gasteiger partial charge in [0.25, 0.3) is 0 Å². The van der Waals surface area contributed by atoms with Crippen LogP contribution < -0.4 is 0 Å². The van der Waals surface area contributed by atoms with Gasteiger partial charge in [-0.1, -0.05) is 6.42 Å². The maximum absolute atomic E-state index is 12.2. The Hall–Kier alpha value is -1.85. The lowest BCUT2D eigenvalue weighted by molar-refractivity contribution is -0.139. The summed E-state index contributed by atoms with van der Waals surface area (Å²) in [6.45, 7) is 3.47. The van der Waals surface area contributed by atoms with Crippen molar-refractivity contribution in [2.24, 2.45) is 5.92 Å². The summed E-state index contributed by atoms with van der Waals surface area (Å²) in [6, 6.07) is 0. The number of fused-ring (bicyclic) bond motifs is 1. The van der Waals surface area contributed by atoms with Crippen LogP contribution >= 0.6 is 0 Å². The van der Waals surface area contributed by atoms with E-state index in [1.807, 2.05) is 4.57 Å². The maximum Gasteiger partial charge on any atom is 0.356 e. The molecule has 0 atom stereocenters. The average Bonchev–Trinajstić information content (AvgIpc) is 2.64. The van der Waals surface area contributed by atoms with Gasteiger partial charge in [0.1, 0.15) is 5.82 Å². The van der Waals surface area contributed by atoms with Crippen LogP contribution in [0.4, 0.5) is 0 Å². The van der Waals surface area contributed by atoms with Gasteiger partial charge in [-0.15, -0.1) is 0 Å². The topological polar surface area (TPSA) is 75.4 Å². The van der Waals surface area contributed by atoms with E-state index in [9.17, 15) is 9.59 Å². The maximum atomic E-state index is 12.2. The van der Waals surface area contributed by atoms with Crippen molar-refractivity contribution in [1.29, 1.82) is 0 Å². The van der Waals surface area contributed by atoms with E-state index in [1.54, 1.807) is 11.8 Å². The highest BCUT2D eigenvalue weighted by atomic mass is 16.4. The van der Waals surface area contributed by atoms with Gasteiger partial charge >= 0.3 is 5.97 Å². The average molecular weight is 263 g/mol. The number of carboxylic acids is 1. The second kappa shape index (κ2) is 4.36. The Bertz CT molecular complexity index is 546. The molecular formula is C13H17N3O3. The molecule has 0 aromatic carbocycles. The van der Waals surface area contributed by atoms with E-state index < -0.39 is 5.97 Å². The van der Waals surface area contributed by atoms with Crippen LogP contribution in [0.25, 0.3) is 0 Å². The fourth-order valence-corrected chi connectivity index (χ4v) is 2.82. The summed E-state index contributed by atoms with van der Waals surface area (Å²) in [7, 11) is 0. The first-order valence-corrected chi connectivity index (χ1v) is 6.66. The zero-order valence-corrected chi connectivity index (χ0v) is 10.9. The van der Waals surface area contributed by atoms with Crippen molar-refractivity contribution in [3.63, 3.8) is 0 Å². The van der Waals surface area contributed by atoms with Crippen molar-refractivity contribution in [3.05, 3.63) is 17.2 Å². The van der Waals surface area contributed by atoms with Gasteiger partial charge in [0, 0.05) is 19.0 Å². The standard InChI is InChI=1S/C13H17N3O3/c1-8-14-11(13(18)19)10-7-15(5-6-16(8)10)12(17)9-3-2-4-9/h9H,2-7H2,1H3,(H,18,19). The summed E-state index contributed by atoms with van der Waals surface area (Å²) < 4.78 is 1.91. The quantitative estimate of drug-likeness (QED) is 0.864. The predicted molar refractivity (Wildman–Crippen MR) is 66.7 cm³/mol. The highest BCUT2D eigenvalue weighted by Gasteiger charge is 2.33.